The van der Waals surface area contributed by atoms with Crippen molar-refractivity contribution in [2.45, 2.75) is 69.9 Å². The summed E-state index contributed by atoms with van der Waals surface area (Å²) in [5, 5.41) is 3.38. The first-order valence-corrected chi connectivity index (χ1v) is 9.97. The zero-order valence-electron chi connectivity index (χ0n) is 15.2. The van der Waals surface area contributed by atoms with Gasteiger partial charge in [0.05, 0.1) is 0 Å². The minimum Gasteiger partial charge on any atom is -0.353 e. The molecule has 4 fully saturated rings. The number of halogens is 2. The van der Waals surface area contributed by atoms with Crippen LogP contribution in [-0.2, 0) is 4.79 Å². The van der Waals surface area contributed by atoms with E-state index in [9.17, 15) is 4.79 Å². The quantitative estimate of drug-likeness (QED) is 0.774. The molecule has 0 aromatic heterocycles. The van der Waals surface area contributed by atoms with Gasteiger partial charge in [0, 0.05) is 37.6 Å². The molecule has 3 N–H and O–H groups in total. The van der Waals surface area contributed by atoms with Crippen LogP contribution in [0.4, 0.5) is 0 Å². The van der Waals surface area contributed by atoms with Gasteiger partial charge in [-0.2, -0.15) is 0 Å². The lowest BCUT2D eigenvalue weighted by atomic mass is 9.65. The number of hydrogen-bond donors (Lipinski definition) is 2. The Balaban J connectivity index is 0.00000113. The fraction of sp³-hybridized carbons (Fsp3) is 0.947. The number of carbonyl (C=O) groups is 1. The molecule has 0 spiro atoms. The highest BCUT2D eigenvalue weighted by molar-refractivity contribution is 5.85. The second kappa shape index (κ2) is 9.25. The lowest BCUT2D eigenvalue weighted by Crippen LogP contribution is -2.51. The molecule has 3 saturated carbocycles. The van der Waals surface area contributed by atoms with Crippen LogP contribution in [0, 0.1) is 23.7 Å². The van der Waals surface area contributed by atoms with Crippen LogP contribution >= 0.6 is 24.8 Å². The third-order valence-electron chi connectivity index (χ3n) is 6.93. The highest BCUT2D eigenvalue weighted by atomic mass is 35.5. The number of fused-ring (bicyclic) bond motifs is 2. The van der Waals surface area contributed by atoms with Crippen LogP contribution in [-0.4, -0.2) is 42.5 Å². The third-order valence-corrected chi connectivity index (χ3v) is 6.93. The molecule has 25 heavy (non-hydrogen) atoms. The Morgan fingerprint density at radius 1 is 0.960 bits per heavy atom. The average Bonchev–Trinajstić information content (AvgIpc) is 3.33. The lowest BCUT2D eigenvalue weighted by molar-refractivity contribution is -0.129. The summed E-state index contributed by atoms with van der Waals surface area (Å²) >= 11 is 0. The molecule has 0 radical (unpaired) electrons. The molecule has 6 heteroatoms. The van der Waals surface area contributed by atoms with E-state index >= 15 is 0 Å². The summed E-state index contributed by atoms with van der Waals surface area (Å²) in [4.78, 5) is 15.3. The van der Waals surface area contributed by atoms with Crippen LogP contribution < -0.4 is 11.1 Å². The van der Waals surface area contributed by atoms with Crippen molar-refractivity contribution in [2.24, 2.45) is 29.4 Å². The van der Waals surface area contributed by atoms with Gasteiger partial charge in [0.2, 0.25) is 5.91 Å². The van der Waals surface area contributed by atoms with Gasteiger partial charge in [-0.05, 0) is 69.1 Å². The number of amides is 1. The number of nitrogens with one attached hydrogen (secondary N) is 1. The van der Waals surface area contributed by atoms with E-state index in [4.69, 9.17) is 5.73 Å². The van der Waals surface area contributed by atoms with Gasteiger partial charge in [0.1, 0.15) is 0 Å². The number of piperidine rings is 1. The van der Waals surface area contributed by atoms with Crippen LogP contribution in [0.3, 0.4) is 0 Å². The van der Waals surface area contributed by atoms with Crippen molar-refractivity contribution in [3.05, 3.63) is 0 Å². The van der Waals surface area contributed by atoms with Gasteiger partial charge >= 0.3 is 0 Å². The maximum Gasteiger partial charge on any atom is 0.223 e. The van der Waals surface area contributed by atoms with Gasteiger partial charge in [-0.25, -0.2) is 0 Å². The van der Waals surface area contributed by atoms with E-state index < -0.39 is 0 Å². The van der Waals surface area contributed by atoms with E-state index in [1.54, 1.807) is 0 Å². The topological polar surface area (TPSA) is 58.4 Å². The van der Waals surface area contributed by atoms with Crippen molar-refractivity contribution in [3.8, 4) is 0 Å². The molecule has 3 aliphatic carbocycles. The summed E-state index contributed by atoms with van der Waals surface area (Å²) in [5.41, 5.74) is 6.35. The van der Waals surface area contributed by atoms with E-state index in [-0.39, 0.29) is 30.7 Å². The predicted molar refractivity (Wildman–Crippen MR) is 106 cm³/mol. The highest BCUT2D eigenvalue weighted by Crippen LogP contribution is 2.42. The maximum absolute atomic E-state index is 12.7. The molecule has 2 atom stereocenters. The Morgan fingerprint density at radius 3 is 2.12 bits per heavy atom. The molecule has 4 nitrogen and oxygen atoms in total. The molecule has 0 aromatic carbocycles. The third kappa shape index (κ3) is 5.24. The second-order valence-corrected chi connectivity index (χ2v) is 8.72. The monoisotopic (exact) mass is 391 g/mol. The Morgan fingerprint density at radius 2 is 1.56 bits per heavy atom. The molecule has 1 saturated heterocycles. The number of nitrogens with two attached hydrogens (primary N) is 1. The molecule has 4 aliphatic rings. The molecular formula is C19H35Cl2N3O. The van der Waals surface area contributed by atoms with Crippen molar-refractivity contribution in [3.63, 3.8) is 0 Å². The molecule has 2 bridgehead atoms. The Bertz CT molecular complexity index is 424. The molecule has 2 unspecified atom stereocenters. The number of nitrogens with zero attached hydrogens (tertiary/aromatic N) is 1. The SMILES string of the molecule is Cl.Cl.NC1C2CCCC1CC(C(=O)NC1CCN(CC3CC3)CC1)C2. The average molecular weight is 392 g/mol. The first kappa shape index (κ1) is 21.3. The number of hydrogen-bond acceptors (Lipinski definition) is 3. The van der Waals surface area contributed by atoms with E-state index in [1.807, 2.05) is 0 Å². The molecular weight excluding hydrogens is 357 g/mol. The Hall–Kier alpha value is -0.0300. The highest BCUT2D eigenvalue weighted by Gasteiger charge is 2.41. The number of carbonyl (C=O) groups excluding carboxylic acids is 1. The molecule has 1 heterocycles. The van der Waals surface area contributed by atoms with Crippen LogP contribution in [0.25, 0.3) is 0 Å². The zero-order valence-corrected chi connectivity index (χ0v) is 16.8. The minimum atomic E-state index is 0. The smallest absolute Gasteiger partial charge is 0.223 e. The summed E-state index contributed by atoms with van der Waals surface area (Å²) in [6.07, 6.45) is 11.0. The van der Waals surface area contributed by atoms with Gasteiger partial charge in [-0.3, -0.25) is 4.79 Å². The summed E-state index contributed by atoms with van der Waals surface area (Å²) in [6.45, 7) is 3.63. The maximum atomic E-state index is 12.7. The summed E-state index contributed by atoms with van der Waals surface area (Å²) < 4.78 is 0. The van der Waals surface area contributed by atoms with Crippen LogP contribution in [0.5, 0.6) is 0 Å². The standard InChI is InChI=1S/C19H33N3O.2ClH/c20-18-14-2-1-3-15(18)11-16(10-14)19(23)21-17-6-8-22(9-7-17)12-13-4-5-13;;/h13-18H,1-12,20H2,(H,21,23);2*1H. The molecule has 0 aromatic rings. The van der Waals surface area contributed by atoms with E-state index in [1.165, 1.54) is 51.7 Å². The number of likely N-dealkylation sites (tertiary alicyclic amines) is 1. The van der Waals surface area contributed by atoms with Crippen LogP contribution in [0.2, 0.25) is 0 Å². The van der Waals surface area contributed by atoms with Crippen molar-refractivity contribution in [1.29, 1.82) is 0 Å². The van der Waals surface area contributed by atoms with Gasteiger partial charge in [0.15, 0.2) is 0 Å². The van der Waals surface area contributed by atoms with Crippen molar-refractivity contribution >= 4 is 30.7 Å². The second-order valence-electron chi connectivity index (χ2n) is 8.72. The van der Waals surface area contributed by atoms with Crippen LogP contribution in [0.15, 0.2) is 0 Å². The Labute approximate surface area is 164 Å². The first-order chi connectivity index (χ1) is 11.2. The summed E-state index contributed by atoms with van der Waals surface area (Å²) in [6, 6.07) is 0.770. The van der Waals surface area contributed by atoms with Crippen LogP contribution in [0.1, 0.15) is 57.8 Å². The van der Waals surface area contributed by atoms with Crippen molar-refractivity contribution < 1.29 is 4.79 Å². The molecule has 1 aliphatic heterocycles. The van der Waals surface area contributed by atoms with E-state index in [0.29, 0.717) is 29.8 Å². The van der Waals surface area contributed by atoms with E-state index in [2.05, 4.69) is 10.2 Å². The lowest BCUT2D eigenvalue weighted by Gasteiger charge is -2.44. The fourth-order valence-electron chi connectivity index (χ4n) is 5.25. The molecule has 146 valence electrons. The van der Waals surface area contributed by atoms with Crippen molar-refractivity contribution in [1.82, 2.24) is 10.2 Å². The normalized spacial score (nSPS) is 36.0. The summed E-state index contributed by atoms with van der Waals surface area (Å²) in [7, 11) is 0. The summed E-state index contributed by atoms with van der Waals surface area (Å²) in [5.74, 6) is 2.73. The largest absolute Gasteiger partial charge is 0.353 e. The number of rotatable bonds is 4. The Kier molecular flexibility index (Phi) is 7.87. The van der Waals surface area contributed by atoms with Gasteiger partial charge in [-0.1, -0.05) is 6.42 Å². The van der Waals surface area contributed by atoms with Crippen molar-refractivity contribution in [2.75, 3.05) is 19.6 Å². The molecule has 4 rings (SSSR count). The minimum absolute atomic E-state index is 0. The van der Waals surface area contributed by atoms with E-state index in [0.717, 1.165) is 31.6 Å². The first-order valence-electron chi connectivity index (χ1n) is 9.97. The predicted octanol–water partition coefficient (Wildman–Crippen LogP) is 2.97. The van der Waals surface area contributed by atoms with Gasteiger partial charge in [0.25, 0.3) is 0 Å². The van der Waals surface area contributed by atoms with Gasteiger partial charge in [-0.15, -0.1) is 24.8 Å². The van der Waals surface area contributed by atoms with Gasteiger partial charge < -0.3 is 16.0 Å². The zero-order chi connectivity index (χ0) is 15.8. The molecule has 1 amide bonds. The fourth-order valence-corrected chi connectivity index (χ4v) is 5.25.